The lowest BCUT2D eigenvalue weighted by Crippen LogP contribution is -2.11. The van der Waals surface area contributed by atoms with Crippen molar-refractivity contribution in [3.8, 4) is 56.4 Å². The summed E-state index contributed by atoms with van der Waals surface area (Å²) in [5.74, 6) is 1.76. The zero-order chi connectivity index (χ0) is 41.7. The van der Waals surface area contributed by atoms with E-state index < -0.39 is 0 Å². The summed E-state index contributed by atoms with van der Waals surface area (Å²) in [6.45, 7) is 0. The minimum absolute atomic E-state index is 0.552. The SMILES string of the molecule is c1ccc(-c2ccc(N(c3ccc(-c4ccccc4)cc3)c3cc(-c4nc(-c5ccccc5)nc(-c5ccc6sc7ccccc7c6c5)n4)cc4oc5ccccc5c34)cc2)cc1. The monoisotopic (exact) mass is 824 g/mol. The van der Waals surface area contributed by atoms with Crippen molar-refractivity contribution in [2.45, 2.75) is 0 Å². The molecule has 0 N–H and O–H groups in total. The molecule has 3 aromatic heterocycles. The number of fused-ring (bicyclic) bond motifs is 6. The van der Waals surface area contributed by atoms with Crippen LogP contribution in [0, 0.1) is 0 Å². The van der Waals surface area contributed by atoms with E-state index in [1.165, 1.54) is 31.3 Å². The van der Waals surface area contributed by atoms with Crippen molar-refractivity contribution in [3.05, 3.63) is 218 Å². The standard InChI is InChI=1S/C57H36N4OS/c1-4-14-37(15-5-1)39-24-29-44(30-25-39)61(45-31-26-40(27-32-45)38-16-6-2-7-17-38)49-35-43(36-51-54(49)47-21-10-12-22-50(47)62-51)57-59-55(41-18-8-3-9-19-41)58-56(60-57)42-28-33-53-48(34-42)46-20-11-13-23-52(46)63-53/h1-36H. The van der Waals surface area contributed by atoms with Gasteiger partial charge in [-0.05, 0) is 89.0 Å². The molecule has 0 saturated heterocycles. The van der Waals surface area contributed by atoms with Gasteiger partial charge in [-0.25, -0.2) is 15.0 Å². The van der Waals surface area contributed by atoms with Crippen LogP contribution in [0.15, 0.2) is 223 Å². The summed E-state index contributed by atoms with van der Waals surface area (Å²) in [6, 6.07) is 76.4. The number of furan rings is 1. The van der Waals surface area contributed by atoms with E-state index in [4.69, 9.17) is 19.4 Å². The number of thiophene rings is 1. The van der Waals surface area contributed by atoms with E-state index in [1.807, 2.05) is 42.5 Å². The Morgan fingerprint density at radius 1 is 0.333 bits per heavy atom. The van der Waals surface area contributed by atoms with E-state index in [1.54, 1.807) is 11.3 Å². The maximum atomic E-state index is 6.74. The molecular formula is C57H36N4OS. The van der Waals surface area contributed by atoms with E-state index >= 15 is 0 Å². The summed E-state index contributed by atoms with van der Waals surface area (Å²) < 4.78 is 9.23. The number of hydrogen-bond donors (Lipinski definition) is 0. The smallest absolute Gasteiger partial charge is 0.164 e. The molecule has 0 atom stereocenters. The fraction of sp³-hybridized carbons (Fsp3) is 0. The van der Waals surface area contributed by atoms with Gasteiger partial charge in [0.25, 0.3) is 0 Å². The van der Waals surface area contributed by atoms with Gasteiger partial charge >= 0.3 is 0 Å². The van der Waals surface area contributed by atoms with Crippen LogP contribution in [0.25, 0.3) is 98.5 Å². The van der Waals surface area contributed by atoms with E-state index in [0.717, 1.165) is 66.8 Å². The minimum Gasteiger partial charge on any atom is -0.456 e. The molecule has 3 heterocycles. The normalized spacial score (nSPS) is 11.5. The van der Waals surface area contributed by atoms with Crippen LogP contribution in [0.5, 0.6) is 0 Å². The zero-order valence-corrected chi connectivity index (χ0v) is 34.7. The Bertz CT molecular complexity index is 3520. The van der Waals surface area contributed by atoms with Crippen molar-refractivity contribution in [3.63, 3.8) is 0 Å². The highest BCUT2D eigenvalue weighted by molar-refractivity contribution is 7.25. The van der Waals surface area contributed by atoms with Gasteiger partial charge in [0.2, 0.25) is 0 Å². The van der Waals surface area contributed by atoms with Crippen molar-refractivity contribution in [1.82, 2.24) is 15.0 Å². The van der Waals surface area contributed by atoms with Crippen LogP contribution in [0.1, 0.15) is 0 Å². The maximum absolute atomic E-state index is 6.74. The second kappa shape index (κ2) is 15.4. The van der Waals surface area contributed by atoms with Crippen LogP contribution in [0.3, 0.4) is 0 Å². The summed E-state index contributed by atoms with van der Waals surface area (Å²) in [6.07, 6.45) is 0. The summed E-state index contributed by atoms with van der Waals surface area (Å²) >= 11 is 1.80. The zero-order valence-electron chi connectivity index (χ0n) is 33.9. The first kappa shape index (κ1) is 36.6. The Kier molecular flexibility index (Phi) is 8.94. The molecule has 0 bridgehead atoms. The molecule has 296 valence electrons. The van der Waals surface area contributed by atoms with Crippen molar-refractivity contribution < 1.29 is 4.42 Å². The lowest BCUT2D eigenvalue weighted by atomic mass is 10.0. The third kappa shape index (κ3) is 6.70. The molecule has 5 nitrogen and oxygen atoms in total. The molecule has 0 saturated carbocycles. The van der Waals surface area contributed by atoms with Gasteiger partial charge in [0.15, 0.2) is 17.5 Å². The van der Waals surface area contributed by atoms with E-state index in [9.17, 15) is 0 Å². The molecule has 0 aliphatic rings. The lowest BCUT2D eigenvalue weighted by Gasteiger charge is -2.27. The van der Waals surface area contributed by atoms with Crippen LogP contribution >= 0.6 is 11.3 Å². The van der Waals surface area contributed by atoms with Gasteiger partial charge in [-0.2, -0.15) is 0 Å². The summed E-state index contributed by atoms with van der Waals surface area (Å²) in [5.41, 5.74) is 11.8. The number of para-hydroxylation sites is 1. The predicted molar refractivity (Wildman–Crippen MR) is 262 cm³/mol. The van der Waals surface area contributed by atoms with Crippen LogP contribution in [-0.4, -0.2) is 15.0 Å². The molecular weight excluding hydrogens is 789 g/mol. The first-order chi connectivity index (χ1) is 31.2. The molecule has 0 spiro atoms. The molecule has 12 rings (SSSR count). The first-order valence-electron chi connectivity index (χ1n) is 21.0. The Labute approximate surface area is 367 Å². The largest absolute Gasteiger partial charge is 0.456 e. The number of aromatic nitrogens is 3. The summed E-state index contributed by atoms with van der Waals surface area (Å²) in [4.78, 5) is 18.0. The molecule has 0 aliphatic heterocycles. The second-order valence-corrected chi connectivity index (χ2v) is 16.7. The van der Waals surface area contributed by atoms with Crippen molar-refractivity contribution in [2.75, 3.05) is 4.90 Å². The van der Waals surface area contributed by atoms with E-state index in [0.29, 0.717) is 17.5 Å². The Balaban J connectivity index is 1.09. The molecule has 9 aromatic carbocycles. The molecule has 0 radical (unpaired) electrons. The maximum Gasteiger partial charge on any atom is 0.164 e. The van der Waals surface area contributed by atoms with Crippen molar-refractivity contribution in [2.24, 2.45) is 0 Å². The number of benzene rings is 9. The Hall–Kier alpha value is -8.19. The fourth-order valence-electron chi connectivity index (χ4n) is 8.65. The van der Waals surface area contributed by atoms with Gasteiger partial charge in [-0.1, -0.05) is 152 Å². The summed E-state index contributed by atoms with van der Waals surface area (Å²) in [7, 11) is 0. The molecule has 0 unspecified atom stereocenters. The van der Waals surface area contributed by atoms with Gasteiger partial charge in [-0.3, -0.25) is 0 Å². The first-order valence-corrected chi connectivity index (χ1v) is 21.8. The van der Waals surface area contributed by atoms with Crippen LogP contribution in [0.4, 0.5) is 17.1 Å². The van der Waals surface area contributed by atoms with E-state index in [-0.39, 0.29) is 0 Å². The van der Waals surface area contributed by atoms with Gasteiger partial charge < -0.3 is 9.32 Å². The predicted octanol–water partition coefficient (Wildman–Crippen LogP) is 15.9. The fourth-order valence-corrected chi connectivity index (χ4v) is 9.73. The van der Waals surface area contributed by atoms with Crippen LogP contribution in [-0.2, 0) is 0 Å². The molecule has 0 fully saturated rings. The average Bonchev–Trinajstić information content (AvgIpc) is 3.93. The van der Waals surface area contributed by atoms with Crippen molar-refractivity contribution >= 4 is 70.5 Å². The molecule has 63 heavy (non-hydrogen) atoms. The average molecular weight is 825 g/mol. The highest BCUT2D eigenvalue weighted by Crippen LogP contribution is 2.46. The van der Waals surface area contributed by atoms with Gasteiger partial charge in [-0.15, -0.1) is 11.3 Å². The quantitative estimate of drug-likeness (QED) is 0.153. The second-order valence-electron chi connectivity index (χ2n) is 15.6. The number of rotatable bonds is 8. The Morgan fingerprint density at radius 2 is 0.810 bits per heavy atom. The summed E-state index contributed by atoms with van der Waals surface area (Å²) in [5, 5.41) is 4.44. The van der Waals surface area contributed by atoms with Crippen molar-refractivity contribution in [1.29, 1.82) is 0 Å². The topological polar surface area (TPSA) is 55.1 Å². The number of nitrogens with zero attached hydrogens (tertiary/aromatic N) is 4. The number of anilines is 3. The Morgan fingerprint density at radius 3 is 1.44 bits per heavy atom. The van der Waals surface area contributed by atoms with Gasteiger partial charge in [0, 0.05) is 53.6 Å². The lowest BCUT2D eigenvalue weighted by molar-refractivity contribution is 0.669. The molecule has 0 amide bonds. The highest BCUT2D eigenvalue weighted by Gasteiger charge is 2.23. The molecule has 12 aromatic rings. The van der Waals surface area contributed by atoms with E-state index in [2.05, 4.69) is 181 Å². The highest BCUT2D eigenvalue weighted by atomic mass is 32.1. The molecule has 0 aliphatic carbocycles. The van der Waals surface area contributed by atoms with Crippen LogP contribution in [0.2, 0.25) is 0 Å². The molecule has 6 heteroatoms. The van der Waals surface area contributed by atoms with Gasteiger partial charge in [0.1, 0.15) is 11.2 Å². The third-order valence-corrected chi connectivity index (χ3v) is 12.9. The third-order valence-electron chi connectivity index (χ3n) is 11.7. The minimum atomic E-state index is 0.552. The van der Waals surface area contributed by atoms with Crippen LogP contribution < -0.4 is 4.90 Å². The van der Waals surface area contributed by atoms with Gasteiger partial charge in [0.05, 0.1) is 11.1 Å². The number of hydrogen-bond acceptors (Lipinski definition) is 6.